The summed E-state index contributed by atoms with van der Waals surface area (Å²) in [6, 6.07) is 8.98. The Balaban J connectivity index is 1.93. The van der Waals surface area contributed by atoms with Crippen molar-refractivity contribution in [3.63, 3.8) is 0 Å². The van der Waals surface area contributed by atoms with E-state index in [-0.39, 0.29) is 30.2 Å². The maximum atomic E-state index is 13.1. The lowest BCUT2D eigenvalue weighted by atomic mass is 10.0. The third-order valence-corrected chi connectivity index (χ3v) is 3.99. The number of rotatable bonds is 3. The molecule has 0 bridgehead atoms. The summed E-state index contributed by atoms with van der Waals surface area (Å²) in [6.45, 7) is 0.221. The van der Waals surface area contributed by atoms with Crippen LogP contribution in [0, 0.1) is 5.82 Å². The fourth-order valence-corrected chi connectivity index (χ4v) is 2.91. The van der Waals surface area contributed by atoms with Gasteiger partial charge in [0.05, 0.1) is 19.3 Å². The second-order valence-electron chi connectivity index (χ2n) is 5.47. The van der Waals surface area contributed by atoms with Crippen molar-refractivity contribution >= 4 is 5.91 Å². The average Bonchev–Trinajstić information content (AvgIpc) is 2.96. The fourth-order valence-electron chi connectivity index (χ4n) is 2.91. The van der Waals surface area contributed by atoms with Gasteiger partial charge in [-0.05, 0) is 36.2 Å². The van der Waals surface area contributed by atoms with Gasteiger partial charge in [0.1, 0.15) is 11.4 Å². The molecule has 1 amide bonds. The number of carbonyl (C=O) groups excluding carboxylic acids is 1. The zero-order valence-corrected chi connectivity index (χ0v) is 12.6. The molecule has 2 atom stereocenters. The van der Waals surface area contributed by atoms with E-state index in [1.54, 1.807) is 35.4 Å². The number of likely N-dealkylation sites (tertiary alicyclic amines) is 1. The highest BCUT2D eigenvalue weighted by Gasteiger charge is 2.36. The van der Waals surface area contributed by atoms with E-state index in [4.69, 9.17) is 4.74 Å². The molecular formula is C17H17FN2O3. The number of methoxy groups -OCH3 is 1. The molecule has 1 N–H and O–H groups in total. The minimum absolute atomic E-state index is 0.221. The lowest BCUT2D eigenvalue weighted by Gasteiger charge is -2.25. The Bertz CT molecular complexity index is 705. The molecule has 2 aromatic rings. The average molecular weight is 316 g/mol. The van der Waals surface area contributed by atoms with Crippen molar-refractivity contribution in [3.05, 3.63) is 59.5 Å². The van der Waals surface area contributed by atoms with Crippen molar-refractivity contribution in [3.8, 4) is 5.88 Å². The number of aliphatic hydroxyl groups is 1. The number of pyridine rings is 1. The van der Waals surface area contributed by atoms with Crippen LogP contribution in [0.15, 0.2) is 42.6 Å². The number of carbonyl (C=O) groups is 1. The Kier molecular flexibility index (Phi) is 4.25. The van der Waals surface area contributed by atoms with Gasteiger partial charge in [-0.2, -0.15) is 0 Å². The van der Waals surface area contributed by atoms with Gasteiger partial charge in [0.2, 0.25) is 5.88 Å². The van der Waals surface area contributed by atoms with Gasteiger partial charge < -0.3 is 14.7 Å². The lowest BCUT2D eigenvalue weighted by Crippen LogP contribution is -2.32. The van der Waals surface area contributed by atoms with E-state index in [2.05, 4.69) is 4.98 Å². The van der Waals surface area contributed by atoms with Gasteiger partial charge in [-0.3, -0.25) is 4.79 Å². The number of β-amino-alcohol motifs (C(OH)–C–C–N with tert-alkyl or cyclic N) is 1. The SMILES string of the molecule is COc1ncccc1C(=O)N1C[C@@H](O)C[C@H]1c1ccc(F)cc1. The summed E-state index contributed by atoms with van der Waals surface area (Å²) in [6.07, 6.45) is 1.35. The maximum Gasteiger partial charge on any atom is 0.259 e. The molecule has 23 heavy (non-hydrogen) atoms. The summed E-state index contributed by atoms with van der Waals surface area (Å²) < 4.78 is 18.3. The quantitative estimate of drug-likeness (QED) is 0.943. The summed E-state index contributed by atoms with van der Waals surface area (Å²) in [5, 5.41) is 9.99. The van der Waals surface area contributed by atoms with E-state index in [9.17, 15) is 14.3 Å². The lowest BCUT2D eigenvalue weighted by molar-refractivity contribution is 0.0711. The first kappa shape index (κ1) is 15.4. The number of hydrogen-bond donors (Lipinski definition) is 1. The van der Waals surface area contributed by atoms with Gasteiger partial charge in [-0.1, -0.05) is 12.1 Å². The largest absolute Gasteiger partial charge is 0.480 e. The standard InChI is InChI=1S/C17H17FN2O3/c1-23-16-14(3-2-8-19-16)17(22)20-10-13(21)9-15(20)11-4-6-12(18)7-5-11/h2-8,13,15,21H,9-10H2,1H3/t13-,15-/m0/s1. The molecule has 1 saturated heterocycles. The highest BCUT2D eigenvalue weighted by molar-refractivity contribution is 5.96. The number of amides is 1. The summed E-state index contributed by atoms with van der Waals surface area (Å²) in [4.78, 5) is 18.5. The van der Waals surface area contributed by atoms with Crippen LogP contribution in [0.2, 0.25) is 0 Å². The van der Waals surface area contributed by atoms with Crippen LogP contribution in [0.4, 0.5) is 4.39 Å². The van der Waals surface area contributed by atoms with E-state index < -0.39 is 6.10 Å². The number of benzene rings is 1. The second kappa shape index (κ2) is 6.34. The van der Waals surface area contributed by atoms with Crippen molar-refractivity contribution in [2.75, 3.05) is 13.7 Å². The molecular weight excluding hydrogens is 299 g/mol. The molecule has 3 rings (SSSR count). The van der Waals surface area contributed by atoms with Gasteiger partial charge in [0.15, 0.2) is 0 Å². The molecule has 120 valence electrons. The Hall–Kier alpha value is -2.47. The molecule has 5 nitrogen and oxygen atoms in total. The number of aromatic nitrogens is 1. The van der Waals surface area contributed by atoms with Gasteiger partial charge >= 0.3 is 0 Å². The van der Waals surface area contributed by atoms with Crippen molar-refractivity contribution in [2.24, 2.45) is 0 Å². The van der Waals surface area contributed by atoms with E-state index >= 15 is 0 Å². The maximum absolute atomic E-state index is 13.1. The molecule has 1 aliphatic rings. The van der Waals surface area contributed by atoms with Crippen molar-refractivity contribution in [1.82, 2.24) is 9.88 Å². The molecule has 0 aliphatic carbocycles. The predicted octanol–water partition coefficient (Wildman–Crippen LogP) is 2.18. The Morgan fingerprint density at radius 2 is 2.09 bits per heavy atom. The molecule has 1 aliphatic heterocycles. The summed E-state index contributed by atoms with van der Waals surface area (Å²) in [5.41, 5.74) is 1.13. The molecule has 0 saturated carbocycles. The molecule has 1 aromatic carbocycles. The van der Waals surface area contributed by atoms with Crippen LogP contribution in [0.1, 0.15) is 28.4 Å². The first-order valence-electron chi connectivity index (χ1n) is 7.33. The molecule has 2 heterocycles. The van der Waals surface area contributed by atoms with E-state index in [0.29, 0.717) is 12.0 Å². The smallest absolute Gasteiger partial charge is 0.259 e. The van der Waals surface area contributed by atoms with Crippen molar-refractivity contribution in [2.45, 2.75) is 18.6 Å². The van der Waals surface area contributed by atoms with Crippen LogP contribution < -0.4 is 4.74 Å². The van der Waals surface area contributed by atoms with Gasteiger partial charge in [0, 0.05) is 12.7 Å². The van der Waals surface area contributed by atoms with Crippen LogP contribution >= 0.6 is 0 Å². The predicted molar refractivity (Wildman–Crippen MR) is 81.6 cm³/mol. The highest BCUT2D eigenvalue weighted by Crippen LogP contribution is 2.34. The van der Waals surface area contributed by atoms with Crippen LogP contribution in [0.3, 0.4) is 0 Å². The van der Waals surface area contributed by atoms with Gasteiger partial charge in [-0.25, -0.2) is 9.37 Å². The Morgan fingerprint density at radius 1 is 1.35 bits per heavy atom. The van der Waals surface area contributed by atoms with Gasteiger partial charge in [0.25, 0.3) is 5.91 Å². The van der Waals surface area contributed by atoms with Crippen molar-refractivity contribution < 1.29 is 19.0 Å². The topological polar surface area (TPSA) is 62.7 Å². The third kappa shape index (κ3) is 3.03. The van der Waals surface area contributed by atoms with E-state index in [1.807, 2.05) is 0 Å². The first-order chi connectivity index (χ1) is 11.1. The fraction of sp³-hybridized carbons (Fsp3) is 0.294. The number of hydrogen-bond acceptors (Lipinski definition) is 4. The number of aliphatic hydroxyl groups excluding tert-OH is 1. The molecule has 1 aromatic heterocycles. The van der Waals surface area contributed by atoms with Crippen LogP contribution in [0.25, 0.3) is 0 Å². The molecule has 0 spiro atoms. The summed E-state index contributed by atoms with van der Waals surface area (Å²) >= 11 is 0. The molecule has 0 unspecified atom stereocenters. The monoisotopic (exact) mass is 316 g/mol. The molecule has 6 heteroatoms. The Labute approximate surface area is 133 Å². The normalized spacial score (nSPS) is 20.6. The minimum Gasteiger partial charge on any atom is -0.480 e. The zero-order valence-electron chi connectivity index (χ0n) is 12.6. The zero-order chi connectivity index (χ0) is 16.4. The highest BCUT2D eigenvalue weighted by atomic mass is 19.1. The van der Waals surface area contributed by atoms with Crippen molar-refractivity contribution in [1.29, 1.82) is 0 Å². The second-order valence-corrected chi connectivity index (χ2v) is 5.47. The first-order valence-corrected chi connectivity index (χ1v) is 7.33. The number of nitrogens with zero attached hydrogens (tertiary/aromatic N) is 2. The van der Waals surface area contributed by atoms with Crippen LogP contribution in [0.5, 0.6) is 5.88 Å². The summed E-state index contributed by atoms with van der Waals surface area (Å²) in [7, 11) is 1.45. The number of halogens is 1. The van der Waals surface area contributed by atoms with Crippen LogP contribution in [-0.2, 0) is 0 Å². The minimum atomic E-state index is -0.614. The summed E-state index contributed by atoms with van der Waals surface area (Å²) in [5.74, 6) is -0.350. The molecule has 0 radical (unpaired) electrons. The van der Waals surface area contributed by atoms with E-state index in [0.717, 1.165) is 5.56 Å². The molecule has 1 fully saturated rings. The van der Waals surface area contributed by atoms with E-state index in [1.165, 1.54) is 19.2 Å². The third-order valence-electron chi connectivity index (χ3n) is 3.99. The van der Waals surface area contributed by atoms with Gasteiger partial charge in [-0.15, -0.1) is 0 Å². The van der Waals surface area contributed by atoms with Crippen LogP contribution in [-0.4, -0.2) is 40.7 Å². The Morgan fingerprint density at radius 3 is 2.78 bits per heavy atom. The number of ether oxygens (including phenoxy) is 1.